The van der Waals surface area contributed by atoms with Crippen LogP contribution < -0.4 is 4.90 Å². The van der Waals surface area contributed by atoms with Gasteiger partial charge in [0.1, 0.15) is 6.54 Å². The van der Waals surface area contributed by atoms with Crippen molar-refractivity contribution >= 4 is 29.2 Å². The fraction of sp³-hybridized carbons (Fsp3) is 0.176. The molecule has 22 heavy (non-hydrogen) atoms. The molecule has 0 saturated heterocycles. The van der Waals surface area contributed by atoms with Crippen LogP contribution in [0, 0.1) is 13.8 Å². The highest BCUT2D eigenvalue weighted by Gasteiger charge is 2.23. The van der Waals surface area contributed by atoms with E-state index in [0.717, 1.165) is 11.1 Å². The van der Waals surface area contributed by atoms with Crippen LogP contribution >= 0.6 is 11.6 Å². The molecule has 0 radical (unpaired) electrons. The summed E-state index contributed by atoms with van der Waals surface area (Å²) in [6.45, 7) is 3.31. The molecule has 5 heteroatoms. The van der Waals surface area contributed by atoms with Gasteiger partial charge in [0.25, 0.3) is 5.91 Å². The lowest BCUT2D eigenvalue weighted by Crippen LogP contribution is -2.36. The molecule has 114 valence electrons. The average Bonchev–Trinajstić information content (AvgIpc) is 2.45. The smallest absolute Gasteiger partial charge is 0.323 e. The summed E-state index contributed by atoms with van der Waals surface area (Å²) in [6, 6.07) is 12.0. The minimum absolute atomic E-state index is 0.364. The fourth-order valence-corrected chi connectivity index (χ4v) is 2.49. The maximum absolute atomic E-state index is 12.7. The number of aryl methyl sites for hydroxylation is 2. The van der Waals surface area contributed by atoms with Crippen molar-refractivity contribution in [3.63, 3.8) is 0 Å². The topological polar surface area (TPSA) is 57.6 Å². The van der Waals surface area contributed by atoms with E-state index in [4.69, 9.17) is 16.7 Å². The van der Waals surface area contributed by atoms with Crippen LogP contribution in [0.1, 0.15) is 21.5 Å². The SMILES string of the molecule is Cc1cccc(C)c1N(CC(=O)O)C(=O)c1ccc(Cl)cc1. The molecule has 2 aromatic carbocycles. The second-order valence-electron chi connectivity index (χ2n) is 5.03. The first-order chi connectivity index (χ1) is 10.4. The molecule has 0 aromatic heterocycles. The lowest BCUT2D eigenvalue weighted by Gasteiger charge is -2.24. The Balaban J connectivity index is 2.48. The van der Waals surface area contributed by atoms with E-state index in [1.807, 2.05) is 32.0 Å². The number of anilines is 1. The Morgan fingerprint density at radius 2 is 1.59 bits per heavy atom. The third kappa shape index (κ3) is 3.46. The van der Waals surface area contributed by atoms with Crippen LogP contribution in [0.5, 0.6) is 0 Å². The molecule has 0 bridgehead atoms. The number of aliphatic carboxylic acids is 1. The van der Waals surface area contributed by atoms with Gasteiger partial charge in [-0.1, -0.05) is 29.8 Å². The Hall–Kier alpha value is -2.33. The number of halogens is 1. The number of rotatable bonds is 4. The zero-order valence-electron chi connectivity index (χ0n) is 12.3. The summed E-state index contributed by atoms with van der Waals surface area (Å²) < 4.78 is 0. The van der Waals surface area contributed by atoms with E-state index >= 15 is 0 Å². The molecule has 1 N–H and O–H groups in total. The lowest BCUT2D eigenvalue weighted by atomic mass is 10.1. The Labute approximate surface area is 133 Å². The number of carbonyl (C=O) groups excluding carboxylic acids is 1. The normalized spacial score (nSPS) is 10.3. The number of carboxylic acid groups (broad SMARTS) is 1. The van der Waals surface area contributed by atoms with Crippen LogP contribution in [0.2, 0.25) is 5.02 Å². The Kier molecular flexibility index (Phi) is 4.83. The summed E-state index contributed by atoms with van der Waals surface area (Å²) in [5.74, 6) is -1.43. The number of para-hydroxylation sites is 1. The summed E-state index contributed by atoms with van der Waals surface area (Å²) in [4.78, 5) is 25.2. The van der Waals surface area contributed by atoms with Gasteiger partial charge in [-0.2, -0.15) is 0 Å². The molecule has 4 nitrogen and oxygen atoms in total. The molecule has 0 spiro atoms. The van der Waals surface area contributed by atoms with Gasteiger partial charge in [-0.25, -0.2) is 0 Å². The summed E-state index contributed by atoms with van der Waals surface area (Å²) in [5, 5.41) is 9.67. The van der Waals surface area contributed by atoms with Crippen LogP contribution in [0.25, 0.3) is 0 Å². The van der Waals surface area contributed by atoms with Gasteiger partial charge in [-0.3, -0.25) is 14.5 Å². The molecule has 0 heterocycles. The molecule has 0 aliphatic rings. The molecule has 0 aliphatic carbocycles. The van der Waals surface area contributed by atoms with Gasteiger partial charge in [0.2, 0.25) is 0 Å². The van der Waals surface area contributed by atoms with Gasteiger partial charge < -0.3 is 5.11 Å². The van der Waals surface area contributed by atoms with Crippen molar-refractivity contribution in [3.8, 4) is 0 Å². The van der Waals surface area contributed by atoms with Gasteiger partial charge in [-0.15, -0.1) is 0 Å². The molecule has 2 aromatic rings. The van der Waals surface area contributed by atoms with E-state index in [0.29, 0.717) is 16.3 Å². The zero-order valence-corrected chi connectivity index (χ0v) is 13.1. The van der Waals surface area contributed by atoms with E-state index in [-0.39, 0.29) is 5.91 Å². The van der Waals surface area contributed by atoms with Crippen LogP contribution in [0.3, 0.4) is 0 Å². The number of amides is 1. The Morgan fingerprint density at radius 3 is 2.09 bits per heavy atom. The van der Waals surface area contributed by atoms with Crippen molar-refractivity contribution < 1.29 is 14.7 Å². The van der Waals surface area contributed by atoms with Crippen molar-refractivity contribution in [2.75, 3.05) is 11.4 Å². The summed E-state index contributed by atoms with van der Waals surface area (Å²) in [6.07, 6.45) is 0. The van der Waals surface area contributed by atoms with Crippen molar-refractivity contribution in [1.29, 1.82) is 0 Å². The average molecular weight is 318 g/mol. The molecule has 0 saturated carbocycles. The van der Waals surface area contributed by atoms with E-state index in [9.17, 15) is 9.59 Å². The van der Waals surface area contributed by atoms with Crippen LogP contribution in [-0.4, -0.2) is 23.5 Å². The molecule has 0 atom stereocenters. The highest BCUT2D eigenvalue weighted by atomic mass is 35.5. The molecule has 0 aliphatic heterocycles. The van der Waals surface area contributed by atoms with Gasteiger partial charge in [-0.05, 0) is 49.2 Å². The highest BCUT2D eigenvalue weighted by Crippen LogP contribution is 2.26. The minimum atomic E-state index is -1.06. The van der Waals surface area contributed by atoms with Gasteiger partial charge in [0.15, 0.2) is 0 Å². The zero-order chi connectivity index (χ0) is 16.3. The van der Waals surface area contributed by atoms with Gasteiger partial charge in [0.05, 0.1) is 5.69 Å². The number of carboxylic acids is 1. The third-order valence-electron chi connectivity index (χ3n) is 3.34. The maximum Gasteiger partial charge on any atom is 0.323 e. The van der Waals surface area contributed by atoms with Crippen LogP contribution in [0.15, 0.2) is 42.5 Å². The molecular formula is C17H16ClNO3. The number of carbonyl (C=O) groups is 2. The minimum Gasteiger partial charge on any atom is -0.480 e. The van der Waals surface area contributed by atoms with Crippen molar-refractivity contribution in [3.05, 3.63) is 64.2 Å². The monoisotopic (exact) mass is 317 g/mol. The largest absolute Gasteiger partial charge is 0.480 e. The van der Waals surface area contributed by atoms with Crippen molar-refractivity contribution in [2.45, 2.75) is 13.8 Å². The fourth-order valence-electron chi connectivity index (χ4n) is 2.37. The third-order valence-corrected chi connectivity index (χ3v) is 3.59. The van der Waals surface area contributed by atoms with E-state index in [1.165, 1.54) is 4.90 Å². The first kappa shape index (κ1) is 16.0. The molecule has 2 rings (SSSR count). The quantitative estimate of drug-likeness (QED) is 0.935. The number of hydrogen-bond donors (Lipinski definition) is 1. The maximum atomic E-state index is 12.7. The molecule has 0 unspecified atom stereocenters. The standard InChI is InChI=1S/C17H16ClNO3/c1-11-4-3-5-12(2)16(11)19(10-15(20)21)17(22)13-6-8-14(18)9-7-13/h3-9H,10H2,1-2H3,(H,20,21). The first-order valence-corrected chi connectivity index (χ1v) is 7.13. The second kappa shape index (κ2) is 6.62. The van der Waals surface area contributed by atoms with E-state index in [1.54, 1.807) is 24.3 Å². The Morgan fingerprint density at radius 1 is 1.05 bits per heavy atom. The molecule has 0 fully saturated rings. The summed E-state index contributed by atoms with van der Waals surface area (Å²) >= 11 is 5.83. The lowest BCUT2D eigenvalue weighted by molar-refractivity contribution is -0.135. The van der Waals surface area contributed by atoms with Crippen molar-refractivity contribution in [2.24, 2.45) is 0 Å². The predicted molar refractivity (Wildman–Crippen MR) is 86.7 cm³/mol. The van der Waals surface area contributed by atoms with Crippen LogP contribution in [0.4, 0.5) is 5.69 Å². The van der Waals surface area contributed by atoms with Gasteiger partial charge in [0, 0.05) is 10.6 Å². The number of nitrogens with zero attached hydrogens (tertiary/aromatic N) is 1. The molecule has 1 amide bonds. The number of benzene rings is 2. The highest BCUT2D eigenvalue weighted by molar-refractivity contribution is 6.30. The van der Waals surface area contributed by atoms with E-state index < -0.39 is 12.5 Å². The molecular weight excluding hydrogens is 302 g/mol. The first-order valence-electron chi connectivity index (χ1n) is 6.75. The second-order valence-corrected chi connectivity index (χ2v) is 5.47. The summed E-state index contributed by atoms with van der Waals surface area (Å²) in [5.41, 5.74) is 2.73. The van der Waals surface area contributed by atoms with Crippen molar-refractivity contribution in [1.82, 2.24) is 0 Å². The van der Waals surface area contributed by atoms with Gasteiger partial charge >= 0.3 is 5.97 Å². The summed E-state index contributed by atoms with van der Waals surface area (Å²) in [7, 11) is 0. The predicted octanol–water partition coefficient (Wildman–Crippen LogP) is 3.69. The van der Waals surface area contributed by atoms with E-state index in [2.05, 4.69) is 0 Å². The Bertz CT molecular complexity index is 690. The van der Waals surface area contributed by atoms with Crippen LogP contribution in [-0.2, 0) is 4.79 Å². The number of hydrogen-bond acceptors (Lipinski definition) is 2.